The lowest BCUT2D eigenvalue weighted by Gasteiger charge is -2.22. The number of amides is 1. The number of alkyl halides is 4. The van der Waals surface area contributed by atoms with Crippen molar-refractivity contribution in [3.8, 4) is 16.9 Å². The van der Waals surface area contributed by atoms with Crippen molar-refractivity contribution in [1.29, 1.82) is 0 Å². The Bertz CT molecular complexity index is 1730. The number of nitrogens with zero attached hydrogens (tertiary/aromatic N) is 3. The minimum Gasteiger partial charge on any atom is -0.493 e. The van der Waals surface area contributed by atoms with Crippen LogP contribution in [0.5, 0.6) is 5.75 Å². The molecule has 4 aromatic rings. The molecular weight excluding hydrogens is 598 g/mol. The summed E-state index contributed by atoms with van der Waals surface area (Å²) in [5.74, 6) is -6.33. The number of hydrogen-bond acceptors (Lipinski definition) is 4. The number of halogens is 6. The Morgan fingerprint density at radius 2 is 1.78 bits per heavy atom. The zero-order chi connectivity index (χ0) is 31.5. The summed E-state index contributed by atoms with van der Waals surface area (Å²) >= 11 is 0. The van der Waals surface area contributed by atoms with Crippen molar-refractivity contribution in [1.82, 2.24) is 20.1 Å². The van der Waals surface area contributed by atoms with Gasteiger partial charge in [0, 0.05) is 29.3 Å². The SMILES string of the molecule is O=C(Cn1nc(C(F)F)c2c1C(F)(F)C1CC21)N[C@@H](Cc1cc(F)cc(F)c1)c1ncccc1-c1ccc(OCC2CC2)cc1. The standard InChI is InChI=1S/C33H28F6N4O2/c34-20-10-18(11-21(35)13-20)12-26(29-23(2-1-9-40-29)19-5-7-22(8-6-19)45-16-17-3-4-17)41-27(44)15-43-31-28(30(42-43)32(36)37)24-14-25(24)33(31,38)39/h1-2,5-11,13,17,24-26,32H,3-4,12,14-16H2,(H,41,44)/t24?,25?,26-/m0/s1. The molecule has 45 heavy (non-hydrogen) atoms. The highest BCUT2D eigenvalue weighted by molar-refractivity contribution is 5.77. The average Bonchev–Trinajstić information content (AvgIpc) is 3.92. The molecule has 3 aliphatic carbocycles. The lowest BCUT2D eigenvalue weighted by atomic mass is 9.95. The minimum absolute atomic E-state index is 0.0972. The fraction of sp³-hybridized carbons (Fsp3) is 0.364. The number of pyridine rings is 1. The summed E-state index contributed by atoms with van der Waals surface area (Å²) in [5, 5.41) is 6.48. The lowest BCUT2D eigenvalue weighted by molar-refractivity contribution is -0.123. The summed E-state index contributed by atoms with van der Waals surface area (Å²) in [6.07, 6.45) is 0.722. The van der Waals surface area contributed by atoms with Crippen molar-refractivity contribution in [2.24, 2.45) is 11.8 Å². The van der Waals surface area contributed by atoms with Gasteiger partial charge in [0.15, 0.2) is 0 Å². The molecule has 1 N–H and O–H groups in total. The molecule has 7 rings (SSSR count). The van der Waals surface area contributed by atoms with Crippen LogP contribution in [0.2, 0.25) is 0 Å². The third-order valence-electron chi connectivity index (χ3n) is 8.67. The van der Waals surface area contributed by atoms with Crippen molar-refractivity contribution in [2.75, 3.05) is 6.61 Å². The topological polar surface area (TPSA) is 69.0 Å². The third-order valence-corrected chi connectivity index (χ3v) is 8.67. The van der Waals surface area contributed by atoms with Crippen LogP contribution in [-0.4, -0.2) is 27.3 Å². The predicted molar refractivity (Wildman–Crippen MR) is 151 cm³/mol. The Kier molecular flexibility index (Phi) is 7.32. The number of nitrogens with one attached hydrogen (secondary N) is 1. The highest BCUT2D eigenvalue weighted by Gasteiger charge is 2.67. The highest BCUT2D eigenvalue weighted by Crippen LogP contribution is 2.68. The molecule has 2 saturated carbocycles. The number of aromatic nitrogens is 3. The number of carbonyl (C=O) groups excluding carboxylic acids is 1. The van der Waals surface area contributed by atoms with Gasteiger partial charge in [-0.15, -0.1) is 0 Å². The molecule has 2 unspecified atom stereocenters. The van der Waals surface area contributed by atoms with Gasteiger partial charge in [0.05, 0.1) is 18.3 Å². The van der Waals surface area contributed by atoms with Crippen LogP contribution in [-0.2, 0) is 23.7 Å². The van der Waals surface area contributed by atoms with Gasteiger partial charge >= 0.3 is 0 Å². The van der Waals surface area contributed by atoms with E-state index in [0.29, 0.717) is 34.2 Å². The van der Waals surface area contributed by atoms with Crippen molar-refractivity contribution in [3.63, 3.8) is 0 Å². The molecule has 0 bridgehead atoms. The summed E-state index contributed by atoms with van der Waals surface area (Å²) in [4.78, 5) is 17.9. The van der Waals surface area contributed by atoms with E-state index in [1.807, 2.05) is 24.3 Å². The molecule has 3 aliphatic rings. The van der Waals surface area contributed by atoms with E-state index in [1.54, 1.807) is 12.1 Å². The van der Waals surface area contributed by atoms with Crippen LogP contribution in [0.4, 0.5) is 26.3 Å². The van der Waals surface area contributed by atoms with Crippen molar-refractivity contribution < 1.29 is 35.9 Å². The van der Waals surface area contributed by atoms with E-state index < -0.39 is 65.7 Å². The van der Waals surface area contributed by atoms with Gasteiger partial charge in [-0.3, -0.25) is 14.5 Å². The van der Waals surface area contributed by atoms with Crippen LogP contribution in [0.1, 0.15) is 65.9 Å². The fourth-order valence-electron chi connectivity index (χ4n) is 6.30. The number of carbonyl (C=O) groups is 1. The van der Waals surface area contributed by atoms with E-state index in [1.165, 1.54) is 6.20 Å². The summed E-state index contributed by atoms with van der Waals surface area (Å²) < 4.78 is 92.5. The molecule has 12 heteroatoms. The minimum atomic E-state index is -3.39. The molecule has 0 aliphatic heterocycles. The molecule has 3 atom stereocenters. The smallest absolute Gasteiger partial charge is 0.293 e. The van der Waals surface area contributed by atoms with E-state index in [4.69, 9.17) is 4.74 Å². The maximum atomic E-state index is 15.1. The Hall–Kier alpha value is -4.35. The Morgan fingerprint density at radius 3 is 2.47 bits per heavy atom. The summed E-state index contributed by atoms with van der Waals surface area (Å²) in [7, 11) is 0. The first-order chi connectivity index (χ1) is 21.6. The van der Waals surface area contributed by atoms with Crippen LogP contribution in [0.3, 0.4) is 0 Å². The average molecular weight is 627 g/mol. The third kappa shape index (κ3) is 5.78. The summed E-state index contributed by atoms with van der Waals surface area (Å²) in [6.45, 7) is -0.116. The molecule has 0 radical (unpaired) electrons. The van der Waals surface area contributed by atoms with Gasteiger partial charge in [0.1, 0.15) is 35.3 Å². The molecule has 2 heterocycles. The Labute approximate surface area is 254 Å². The molecule has 1 amide bonds. The fourth-order valence-corrected chi connectivity index (χ4v) is 6.30. The summed E-state index contributed by atoms with van der Waals surface area (Å²) in [6, 6.07) is 12.7. The van der Waals surface area contributed by atoms with Gasteiger partial charge in [0.2, 0.25) is 5.91 Å². The van der Waals surface area contributed by atoms with Gasteiger partial charge < -0.3 is 10.1 Å². The van der Waals surface area contributed by atoms with E-state index in [2.05, 4.69) is 15.4 Å². The van der Waals surface area contributed by atoms with E-state index in [-0.39, 0.29) is 24.0 Å². The largest absolute Gasteiger partial charge is 0.493 e. The number of rotatable bonds is 11. The first kappa shape index (κ1) is 29.4. The molecule has 6 nitrogen and oxygen atoms in total. The first-order valence-electron chi connectivity index (χ1n) is 14.8. The van der Waals surface area contributed by atoms with Gasteiger partial charge in [-0.1, -0.05) is 18.2 Å². The Morgan fingerprint density at radius 1 is 1.04 bits per heavy atom. The molecule has 2 fully saturated rings. The second-order valence-electron chi connectivity index (χ2n) is 12.0. The van der Waals surface area contributed by atoms with Crippen molar-refractivity contribution >= 4 is 5.91 Å². The van der Waals surface area contributed by atoms with E-state index in [0.717, 1.165) is 36.6 Å². The first-order valence-corrected chi connectivity index (χ1v) is 14.8. The Balaban J connectivity index is 1.19. The molecule has 0 saturated heterocycles. The quantitative estimate of drug-likeness (QED) is 0.178. The highest BCUT2D eigenvalue weighted by atomic mass is 19.3. The molecule has 234 valence electrons. The van der Waals surface area contributed by atoms with Crippen LogP contribution < -0.4 is 10.1 Å². The van der Waals surface area contributed by atoms with Gasteiger partial charge in [-0.25, -0.2) is 17.6 Å². The number of hydrogen-bond donors (Lipinski definition) is 1. The van der Waals surface area contributed by atoms with Crippen LogP contribution in [0, 0.1) is 23.5 Å². The predicted octanol–water partition coefficient (Wildman–Crippen LogP) is 7.26. The molecule has 2 aromatic carbocycles. The molecule has 0 spiro atoms. The monoisotopic (exact) mass is 626 g/mol. The van der Waals surface area contributed by atoms with Crippen LogP contribution in [0.25, 0.3) is 11.1 Å². The normalized spacial score (nSPS) is 20.1. The zero-order valence-electron chi connectivity index (χ0n) is 23.8. The zero-order valence-corrected chi connectivity index (χ0v) is 23.8. The van der Waals surface area contributed by atoms with Gasteiger partial charge in [-0.2, -0.15) is 13.9 Å². The van der Waals surface area contributed by atoms with E-state index in [9.17, 15) is 22.4 Å². The number of fused-ring (bicyclic) bond motifs is 3. The maximum Gasteiger partial charge on any atom is 0.293 e. The van der Waals surface area contributed by atoms with Crippen LogP contribution >= 0.6 is 0 Å². The van der Waals surface area contributed by atoms with Crippen molar-refractivity contribution in [2.45, 2.75) is 56.5 Å². The van der Waals surface area contributed by atoms with Crippen LogP contribution in [0.15, 0.2) is 60.8 Å². The maximum absolute atomic E-state index is 15.1. The second-order valence-corrected chi connectivity index (χ2v) is 12.0. The van der Waals surface area contributed by atoms with Gasteiger partial charge in [0.25, 0.3) is 12.3 Å². The molecule has 2 aromatic heterocycles. The number of ether oxygens (including phenoxy) is 1. The number of benzene rings is 2. The summed E-state index contributed by atoms with van der Waals surface area (Å²) in [5.41, 5.74) is 0.354. The van der Waals surface area contributed by atoms with E-state index >= 15 is 8.78 Å². The van der Waals surface area contributed by atoms with Crippen molar-refractivity contribution in [3.05, 3.63) is 101 Å². The van der Waals surface area contributed by atoms with Gasteiger partial charge in [-0.05, 0) is 79.0 Å². The second kappa shape index (κ2) is 11.2. The molecular formula is C33H28F6N4O2. The lowest BCUT2D eigenvalue weighted by Crippen LogP contribution is -2.35.